The van der Waals surface area contributed by atoms with Crippen molar-refractivity contribution in [2.24, 2.45) is 11.5 Å². The van der Waals surface area contributed by atoms with Crippen LogP contribution in [-0.2, 0) is 30.4 Å². The maximum Gasteiger partial charge on any atom is 0.326 e. The van der Waals surface area contributed by atoms with Gasteiger partial charge in [0.05, 0.1) is 24.9 Å². The van der Waals surface area contributed by atoms with Crippen molar-refractivity contribution >= 4 is 42.2 Å². The molecule has 0 aliphatic heterocycles. The van der Waals surface area contributed by atoms with E-state index in [2.05, 4.69) is 38.5 Å². The third-order valence-corrected chi connectivity index (χ3v) is 4.62. The molecule has 0 bridgehead atoms. The molecule has 10 N–H and O–H groups in total. The second-order valence-corrected chi connectivity index (χ2v) is 7.29. The number of primary amides is 1. The van der Waals surface area contributed by atoms with Crippen LogP contribution >= 0.6 is 12.6 Å². The largest absolute Gasteiger partial charge is 0.480 e. The summed E-state index contributed by atoms with van der Waals surface area (Å²) in [6.45, 7) is 1.24. The first-order chi connectivity index (χ1) is 15.0. The van der Waals surface area contributed by atoms with E-state index in [1.165, 1.54) is 19.4 Å². The quantitative estimate of drug-likeness (QED) is 0.127. The first-order valence-corrected chi connectivity index (χ1v) is 10.0. The Bertz CT molecular complexity index is 818. The van der Waals surface area contributed by atoms with Crippen molar-refractivity contribution in [1.82, 2.24) is 25.9 Å². The number of hydrogen-bond donors (Lipinski definition) is 9. The molecular weight excluding hydrogens is 446 g/mol. The van der Waals surface area contributed by atoms with E-state index in [1.54, 1.807) is 0 Å². The maximum atomic E-state index is 12.7. The molecular formula is C17H27N7O7S. The normalized spacial score (nSPS) is 15.5. The van der Waals surface area contributed by atoms with Crippen LogP contribution in [-0.4, -0.2) is 85.8 Å². The Kier molecular flexibility index (Phi) is 10.6. The molecule has 178 valence electrons. The van der Waals surface area contributed by atoms with Crippen LogP contribution in [0.3, 0.4) is 0 Å². The molecule has 0 aliphatic rings. The highest BCUT2D eigenvalue weighted by atomic mass is 32.1. The van der Waals surface area contributed by atoms with Gasteiger partial charge in [-0.1, -0.05) is 0 Å². The van der Waals surface area contributed by atoms with E-state index >= 15 is 0 Å². The van der Waals surface area contributed by atoms with E-state index in [0.717, 1.165) is 0 Å². The molecule has 0 aromatic carbocycles. The average Bonchev–Trinajstić information content (AvgIpc) is 3.22. The number of aliphatic hydroxyl groups excluding tert-OH is 1. The summed E-state index contributed by atoms with van der Waals surface area (Å²) < 4.78 is 0. The van der Waals surface area contributed by atoms with Crippen molar-refractivity contribution in [3.63, 3.8) is 0 Å². The summed E-state index contributed by atoms with van der Waals surface area (Å²) in [5.74, 6) is -5.09. The van der Waals surface area contributed by atoms with Crippen LogP contribution in [0.5, 0.6) is 0 Å². The van der Waals surface area contributed by atoms with Gasteiger partial charge in [0, 0.05) is 24.1 Å². The van der Waals surface area contributed by atoms with Crippen molar-refractivity contribution in [3.05, 3.63) is 18.2 Å². The number of aromatic nitrogens is 2. The lowest BCUT2D eigenvalue weighted by Crippen LogP contribution is -2.60. The van der Waals surface area contributed by atoms with Crippen LogP contribution in [0.1, 0.15) is 19.0 Å². The molecule has 1 aromatic heterocycles. The van der Waals surface area contributed by atoms with Crippen LogP contribution < -0.4 is 27.4 Å². The zero-order valence-electron chi connectivity index (χ0n) is 17.1. The molecule has 15 heteroatoms. The summed E-state index contributed by atoms with van der Waals surface area (Å²) in [6.07, 6.45) is 0.543. The Hall–Kier alpha value is -3.17. The second kappa shape index (κ2) is 12.6. The smallest absolute Gasteiger partial charge is 0.326 e. The van der Waals surface area contributed by atoms with Crippen molar-refractivity contribution < 1.29 is 34.2 Å². The number of carboxylic acid groups (broad SMARTS) is 1. The number of hydrogen-bond acceptors (Lipinski definition) is 9. The minimum absolute atomic E-state index is 0.0126. The summed E-state index contributed by atoms with van der Waals surface area (Å²) in [4.78, 5) is 66.4. The van der Waals surface area contributed by atoms with Gasteiger partial charge in [-0.05, 0) is 6.92 Å². The number of aliphatic carboxylic acids is 1. The molecule has 0 aliphatic carbocycles. The summed E-state index contributed by atoms with van der Waals surface area (Å²) in [5.41, 5.74) is 11.0. The van der Waals surface area contributed by atoms with Gasteiger partial charge in [-0.3, -0.25) is 19.2 Å². The Balaban J connectivity index is 3.04. The number of aromatic amines is 1. The predicted molar refractivity (Wildman–Crippen MR) is 113 cm³/mol. The number of H-pyrrole nitrogens is 1. The molecule has 1 rings (SSSR count). The Labute approximate surface area is 188 Å². The molecule has 5 unspecified atom stereocenters. The number of carboxylic acids is 1. The minimum Gasteiger partial charge on any atom is -0.480 e. The number of nitrogens with one attached hydrogen (secondary N) is 4. The van der Waals surface area contributed by atoms with Gasteiger partial charge in [0.15, 0.2) is 0 Å². The summed E-state index contributed by atoms with van der Waals surface area (Å²) in [5, 5.41) is 25.9. The van der Waals surface area contributed by atoms with Gasteiger partial charge in [-0.25, -0.2) is 9.78 Å². The van der Waals surface area contributed by atoms with Crippen LogP contribution in [0.15, 0.2) is 12.5 Å². The summed E-state index contributed by atoms with van der Waals surface area (Å²) >= 11 is 3.89. The number of rotatable bonds is 13. The lowest BCUT2D eigenvalue weighted by Gasteiger charge is -2.26. The van der Waals surface area contributed by atoms with Crippen LogP contribution in [0, 0.1) is 0 Å². The molecule has 5 atom stereocenters. The van der Waals surface area contributed by atoms with Crippen molar-refractivity contribution in [2.45, 2.75) is 50.0 Å². The van der Waals surface area contributed by atoms with Gasteiger partial charge in [0.1, 0.15) is 18.1 Å². The standard InChI is InChI=1S/C17H27N7O7S/c1-7(25)13(24-14(27)9(18)5-32)16(29)22-10(2-8-4-20-6-21-8)15(28)23-11(17(30)31)3-12(19)26/h4,6-7,9-11,13,25,32H,2-3,5,18H2,1H3,(H2,19,26)(H,20,21)(H,22,29)(H,23,28)(H,24,27)(H,30,31). The molecule has 0 fully saturated rings. The lowest BCUT2D eigenvalue weighted by atomic mass is 10.1. The van der Waals surface area contributed by atoms with E-state index in [9.17, 15) is 34.2 Å². The summed E-state index contributed by atoms with van der Waals surface area (Å²) in [7, 11) is 0. The van der Waals surface area contributed by atoms with E-state index in [4.69, 9.17) is 11.5 Å². The highest BCUT2D eigenvalue weighted by Gasteiger charge is 2.33. The van der Waals surface area contributed by atoms with E-state index in [-0.39, 0.29) is 12.2 Å². The highest BCUT2D eigenvalue weighted by molar-refractivity contribution is 7.80. The number of imidazole rings is 1. The van der Waals surface area contributed by atoms with Gasteiger partial charge in [0.2, 0.25) is 23.6 Å². The first kappa shape index (κ1) is 26.9. The minimum atomic E-state index is -1.62. The number of thiol groups is 1. The van der Waals surface area contributed by atoms with Crippen molar-refractivity contribution in [1.29, 1.82) is 0 Å². The van der Waals surface area contributed by atoms with Crippen LogP contribution in [0.2, 0.25) is 0 Å². The zero-order chi connectivity index (χ0) is 24.4. The first-order valence-electron chi connectivity index (χ1n) is 9.40. The monoisotopic (exact) mass is 473 g/mol. The van der Waals surface area contributed by atoms with Gasteiger partial charge in [-0.15, -0.1) is 0 Å². The fraction of sp³-hybridized carbons (Fsp3) is 0.529. The van der Waals surface area contributed by atoms with E-state index in [0.29, 0.717) is 5.69 Å². The van der Waals surface area contributed by atoms with Crippen molar-refractivity contribution in [2.75, 3.05) is 5.75 Å². The Morgan fingerprint density at radius 2 is 1.75 bits per heavy atom. The third-order valence-electron chi connectivity index (χ3n) is 4.23. The topological polar surface area (TPSA) is 243 Å². The fourth-order valence-corrected chi connectivity index (χ4v) is 2.67. The number of carbonyl (C=O) groups excluding carboxylic acids is 4. The van der Waals surface area contributed by atoms with Crippen molar-refractivity contribution in [3.8, 4) is 0 Å². The predicted octanol–water partition coefficient (Wildman–Crippen LogP) is -4.00. The average molecular weight is 474 g/mol. The zero-order valence-corrected chi connectivity index (χ0v) is 18.0. The second-order valence-electron chi connectivity index (χ2n) is 6.93. The molecule has 0 saturated carbocycles. The maximum absolute atomic E-state index is 12.7. The summed E-state index contributed by atoms with van der Waals surface area (Å²) in [6, 6.07) is -5.48. The Morgan fingerprint density at radius 1 is 1.12 bits per heavy atom. The molecule has 32 heavy (non-hydrogen) atoms. The van der Waals surface area contributed by atoms with Crippen LogP contribution in [0.4, 0.5) is 0 Å². The van der Waals surface area contributed by atoms with Gasteiger partial charge < -0.3 is 42.6 Å². The molecule has 4 amide bonds. The number of nitrogens with two attached hydrogens (primary N) is 2. The SMILES string of the molecule is CC(O)C(NC(=O)C(N)CS)C(=O)NC(Cc1cnc[nH]1)C(=O)NC(CC(N)=O)C(=O)O. The number of aliphatic hydroxyl groups is 1. The highest BCUT2D eigenvalue weighted by Crippen LogP contribution is 2.04. The van der Waals surface area contributed by atoms with Gasteiger partial charge in [-0.2, -0.15) is 12.6 Å². The third kappa shape index (κ3) is 8.52. The van der Waals surface area contributed by atoms with E-state index < -0.39 is 66.3 Å². The molecule has 1 aromatic rings. The Morgan fingerprint density at radius 3 is 2.22 bits per heavy atom. The van der Waals surface area contributed by atoms with E-state index in [1.807, 2.05) is 0 Å². The number of amides is 4. The van der Waals surface area contributed by atoms with Gasteiger partial charge in [0.25, 0.3) is 0 Å². The van der Waals surface area contributed by atoms with Crippen LogP contribution in [0.25, 0.3) is 0 Å². The molecule has 0 radical (unpaired) electrons. The lowest BCUT2D eigenvalue weighted by molar-refractivity contribution is -0.143. The molecule has 14 nitrogen and oxygen atoms in total. The number of carbonyl (C=O) groups is 5. The fourth-order valence-electron chi connectivity index (χ4n) is 2.51. The molecule has 1 heterocycles. The number of nitrogens with zero attached hydrogens (tertiary/aromatic N) is 1. The molecule has 0 saturated heterocycles. The molecule has 0 spiro atoms. The van der Waals surface area contributed by atoms with Gasteiger partial charge >= 0.3 is 5.97 Å².